The molecule has 1 aliphatic carbocycles. The monoisotopic (exact) mass is 413 g/mol. The quantitative estimate of drug-likeness (QED) is 0.591. The molecule has 2 aromatic heterocycles. The van der Waals surface area contributed by atoms with Gasteiger partial charge in [0.25, 0.3) is 5.91 Å². The lowest BCUT2D eigenvalue weighted by molar-refractivity contribution is -0.118. The molecule has 0 radical (unpaired) electrons. The molecule has 0 fully saturated rings. The first-order chi connectivity index (χ1) is 14.2. The number of hydrogen-bond acceptors (Lipinski definition) is 8. The van der Waals surface area contributed by atoms with E-state index in [1.165, 1.54) is 17.7 Å². The number of aromatic nitrogens is 2. The Hall–Kier alpha value is -3.20. The molecule has 0 unspecified atom stereocenters. The van der Waals surface area contributed by atoms with Crippen molar-refractivity contribution in [2.45, 2.75) is 26.2 Å². The first kappa shape index (κ1) is 19.1. The summed E-state index contributed by atoms with van der Waals surface area (Å²) < 4.78 is 15.9. The zero-order chi connectivity index (χ0) is 20.2. The number of amides is 1. The van der Waals surface area contributed by atoms with Crippen molar-refractivity contribution in [1.82, 2.24) is 10.2 Å². The molecule has 29 heavy (non-hydrogen) atoms. The number of benzene rings is 1. The molecule has 2 heterocycles. The molecule has 150 valence electrons. The van der Waals surface area contributed by atoms with Crippen LogP contribution in [0.15, 0.2) is 35.1 Å². The number of fused-ring (bicyclic) bond motifs is 1. The molecule has 1 aliphatic rings. The smallest absolute Gasteiger partial charge is 0.341 e. The van der Waals surface area contributed by atoms with Crippen LogP contribution in [0, 0.1) is 0 Å². The molecule has 1 aromatic carbocycles. The number of carbonyl (C=O) groups excluding carboxylic acids is 2. The third kappa shape index (κ3) is 4.14. The maximum Gasteiger partial charge on any atom is 0.341 e. The van der Waals surface area contributed by atoms with Crippen LogP contribution >= 0.6 is 11.3 Å². The number of nitrogens with zero attached hydrogens (tertiary/aromatic N) is 2. The third-order valence-electron chi connectivity index (χ3n) is 4.49. The van der Waals surface area contributed by atoms with E-state index in [-0.39, 0.29) is 18.5 Å². The van der Waals surface area contributed by atoms with E-state index in [4.69, 9.17) is 13.9 Å². The second kappa shape index (κ2) is 8.44. The average Bonchev–Trinajstić information content (AvgIpc) is 3.44. The standard InChI is InChI=1S/C20H19N3O5S/c1-2-26-20(25)17-14-4-3-5-15(14)29-19(17)22-16(24)10-27-13-8-6-12(7-9-13)18-23-21-11-28-18/h6-9,11H,2-5,10H2,1H3,(H,22,24). The topological polar surface area (TPSA) is 104 Å². The Labute approximate surface area is 170 Å². The molecule has 4 rings (SSSR count). The summed E-state index contributed by atoms with van der Waals surface area (Å²) in [6, 6.07) is 6.97. The molecule has 9 heteroatoms. The van der Waals surface area contributed by atoms with Crippen LogP contribution in [-0.4, -0.2) is 35.3 Å². The molecule has 8 nitrogen and oxygen atoms in total. The Morgan fingerprint density at radius 3 is 2.79 bits per heavy atom. The van der Waals surface area contributed by atoms with Gasteiger partial charge >= 0.3 is 5.97 Å². The van der Waals surface area contributed by atoms with E-state index in [0.717, 1.165) is 35.3 Å². The molecule has 0 bridgehead atoms. The van der Waals surface area contributed by atoms with Crippen LogP contribution in [0.2, 0.25) is 0 Å². The summed E-state index contributed by atoms with van der Waals surface area (Å²) in [7, 11) is 0. The van der Waals surface area contributed by atoms with Crippen LogP contribution in [0.25, 0.3) is 11.5 Å². The predicted octanol–water partition coefficient (Wildman–Crippen LogP) is 3.48. The highest BCUT2D eigenvalue weighted by Gasteiger charge is 2.28. The Balaban J connectivity index is 1.39. The van der Waals surface area contributed by atoms with Crippen molar-refractivity contribution in [1.29, 1.82) is 0 Å². The minimum atomic E-state index is -0.389. The summed E-state index contributed by atoms with van der Waals surface area (Å²) in [5.41, 5.74) is 2.24. The molecule has 0 saturated carbocycles. The summed E-state index contributed by atoms with van der Waals surface area (Å²) >= 11 is 1.44. The summed E-state index contributed by atoms with van der Waals surface area (Å²) in [4.78, 5) is 25.9. The van der Waals surface area contributed by atoms with E-state index in [2.05, 4.69) is 15.5 Å². The molecule has 1 N–H and O–H groups in total. The van der Waals surface area contributed by atoms with Gasteiger partial charge in [0.05, 0.1) is 12.2 Å². The van der Waals surface area contributed by atoms with Crippen LogP contribution in [-0.2, 0) is 22.4 Å². The van der Waals surface area contributed by atoms with E-state index in [1.807, 2.05) is 0 Å². The lowest BCUT2D eigenvalue weighted by Crippen LogP contribution is -2.21. The van der Waals surface area contributed by atoms with E-state index >= 15 is 0 Å². The van der Waals surface area contributed by atoms with E-state index in [1.54, 1.807) is 31.2 Å². The number of aryl methyl sites for hydroxylation is 1. The zero-order valence-corrected chi connectivity index (χ0v) is 16.6. The number of rotatable bonds is 7. The normalized spacial score (nSPS) is 12.4. The second-order valence-corrected chi connectivity index (χ2v) is 7.49. The number of ether oxygens (including phenoxy) is 2. The first-order valence-electron chi connectivity index (χ1n) is 9.26. The fourth-order valence-corrected chi connectivity index (χ4v) is 4.51. The Morgan fingerprint density at radius 1 is 1.24 bits per heavy atom. The fraction of sp³-hybridized carbons (Fsp3) is 0.300. The van der Waals surface area contributed by atoms with E-state index in [9.17, 15) is 9.59 Å². The second-order valence-electron chi connectivity index (χ2n) is 6.39. The number of carbonyl (C=O) groups is 2. The number of nitrogens with one attached hydrogen (secondary N) is 1. The van der Waals surface area contributed by atoms with Gasteiger partial charge in [0.2, 0.25) is 12.3 Å². The molecule has 1 amide bonds. The predicted molar refractivity (Wildman–Crippen MR) is 106 cm³/mol. The fourth-order valence-electron chi connectivity index (χ4n) is 3.22. The van der Waals surface area contributed by atoms with Gasteiger partial charge in [-0.2, -0.15) is 0 Å². The summed E-state index contributed by atoms with van der Waals surface area (Å²) in [6.07, 6.45) is 4.03. The maximum atomic E-state index is 12.4. The summed E-state index contributed by atoms with van der Waals surface area (Å²) in [5, 5.41) is 10.8. The van der Waals surface area contributed by atoms with E-state index < -0.39 is 0 Å². The van der Waals surface area contributed by atoms with Gasteiger partial charge < -0.3 is 19.2 Å². The highest BCUT2D eigenvalue weighted by Crippen LogP contribution is 2.39. The van der Waals surface area contributed by atoms with Gasteiger partial charge in [-0.05, 0) is 56.0 Å². The Kier molecular flexibility index (Phi) is 5.57. The van der Waals surface area contributed by atoms with Gasteiger partial charge in [-0.15, -0.1) is 21.5 Å². The highest BCUT2D eigenvalue weighted by atomic mass is 32.1. The average molecular weight is 413 g/mol. The van der Waals surface area contributed by atoms with Crippen molar-refractivity contribution < 1.29 is 23.5 Å². The van der Waals surface area contributed by atoms with Gasteiger partial charge in [0.15, 0.2) is 6.61 Å². The minimum Gasteiger partial charge on any atom is -0.484 e. The van der Waals surface area contributed by atoms with Crippen molar-refractivity contribution in [3.63, 3.8) is 0 Å². The van der Waals surface area contributed by atoms with Crippen LogP contribution < -0.4 is 10.1 Å². The number of hydrogen-bond donors (Lipinski definition) is 1. The molecular weight excluding hydrogens is 394 g/mol. The lowest BCUT2D eigenvalue weighted by Gasteiger charge is -2.09. The molecule has 0 atom stereocenters. The Morgan fingerprint density at radius 2 is 2.07 bits per heavy atom. The van der Waals surface area contributed by atoms with Crippen molar-refractivity contribution in [3.8, 4) is 17.2 Å². The highest BCUT2D eigenvalue weighted by molar-refractivity contribution is 7.17. The largest absolute Gasteiger partial charge is 0.484 e. The van der Waals surface area contributed by atoms with Crippen molar-refractivity contribution in [3.05, 3.63) is 46.7 Å². The van der Waals surface area contributed by atoms with Gasteiger partial charge in [0.1, 0.15) is 10.8 Å². The van der Waals surface area contributed by atoms with Gasteiger partial charge in [-0.3, -0.25) is 4.79 Å². The van der Waals surface area contributed by atoms with Crippen molar-refractivity contribution >= 4 is 28.2 Å². The number of esters is 1. The molecule has 0 saturated heterocycles. The van der Waals surface area contributed by atoms with Crippen molar-refractivity contribution in [2.75, 3.05) is 18.5 Å². The summed E-state index contributed by atoms with van der Waals surface area (Å²) in [6.45, 7) is 1.88. The van der Waals surface area contributed by atoms with E-state index in [0.29, 0.717) is 28.8 Å². The van der Waals surface area contributed by atoms with Crippen LogP contribution in [0.5, 0.6) is 5.75 Å². The Bertz CT molecular complexity index is 1010. The molecular formula is C20H19N3O5S. The lowest BCUT2D eigenvalue weighted by atomic mass is 10.1. The molecule has 3 aromatic rings. The van der Waals surface area contributed by atoms with Gasteiger partial charge in [0, 0.05) is 10.4 Å². The number of anilines is 1. The van der Waals surface area contributed by atoms with Crippen molar-refractivity contribution in [2.24, 2.45) is 0 Å². The third-order valence-corrected chi connectivity index (χ3v) is 5.69. The molecule has 0 spiro atoms. The first-order valence-corrected chi connectivity index (χ1v) is 10.1. The SMILES string of the molecule is CCOC(=O)c1c(NC(=O)COc2ccc(-c3nnco3)cc2)sc2c1CCC2. The molecule has 0 aliphatic heterocycles. The van der Waals surface area contributed by atoms with Crippen LogP contribution in [0.4, 0.5) is 5.00 Å². The van der Waals surface area contributed by atoms with Crippen LogP contribution in [0.3, 0.4) is 0 Å². The zero-order valence-electron chi connectivity index (χ0n) is 15.8. The number of thiophene rings is 1. The van der Waals surface area contributed by atoms with Crippen LogP contribution in [0.1, 0.15) is 34.1 Å². The maximum absolute atomic E-state index is 12.4. The van der Waals surface area contributed by atoms with Gasteiger partial charge in [-0.25, -0.2) is 4.79 Å². The minimum absolute atomic E-state index is 0.176. The van der Waals surface area contributed by atoms with Gasteiger partial charge in [-0.1, -0.05) is 0 Å². The summed E-state index contributed by atoms with van der Waals surface area (Å²) in [5.74, 6) is 0.213.